The highest BCUT2D eigenvalue weighted by atomic mass is 16.6. The van der Waals surface area contributed by atoms with Gasteiger partial charge < -0.3 is 14.8 Å². The second-order valence-corrected chi connectivity index (χ2v) is 4.45. The van der Waals surface area contributed by atoms with E-state index in [0.29, 0.717) is 5.56 Å². The van der Waals surface area contributed by atoms with Crippen LogP contribution in [0.4, 0.5) is 0 Å². The fourth-order valence-electron chi connectivity index (χ4n) is 1.58. The van der Waals surface area contributed by atoms with Gasteiger partial charge in [0.25, 0.3) is 0 Å². The summed E-state index contributed by atoms with van der Waals surface area (Å²) in [6.07, 6.45) is 0.419. The summed E-state index contributed by atoms with van der Waals surface area (Å²) in [6, 6.07) is 8.96. The van der Waals surface area contributed by atoms with Crippen molar-refractivity contribution < 1.29 is 23.9 Å². The van der Waals surface area contributed by atoms with Gasteiger partial charge in [-0.15, -0.1) is 0 Å². The predicted molar refractivity (Wildman–Crippen MR) is 80.4 cm³/mol. The molecule has 0 aliphatic rings. The highest BCUT2D eigenvalue weighted by Crippen LogP contribution is 2.08. The Hall–Kier alpha value is -2.63. The fraction of sp³-hybridized carbons (Fsp3) is 0.312. The minimum Gasteiger partial charge on any atom is -0.463 e. The van der Waals surface area contributed by atoms with Gasteiger partial charge in [0.1, 0.15) is 5.70 Å². The maximum atomic E-state index is 12.1. The summed E-state index contributed by atoms with van der Waals surface area (Å²) in [5, 5.41) is 2.40. The molecule has 0 fully saturated rings. The number of carbonyl (C=O) groups is 3. The number of ether oxygens (including phenoxy) is 2. The van der Waals surface area contributed by atoms with Crippen LogP contribution in [-0.4, -0.2) is 30.6 Å². The smallest absolute Gasteiger partial charge is 0.355 e. The number of esters is 2. The van der Waals surface area contributed by atoms with Gasteiger partial charge in [0.2, 0.25) is 5.91 Å². The van der Waals surface area contributed by atoms with Crippen LogP contribution in [-0.2, 0) is 23.9 Å². The Morgan fingerprint density at radius 3 is 2.41 bits per heavy atom. The molecule has 0 aromatic heterocycles. The van der Waals surface area contributed by atoms with Gasteiger partial charge in [-0.25, -0.2) is 9.59 Å². The molecule has 118 valence electrons. The molecule has 1 amide bonds. The normalized spacial score (nSPS) is 12.2. The second kappa shape index (κ2) is 8.61. The van der Waals surface area contributed by atoms with Crippen LogP contribution in [0.25, 0.3) is 6.08 Å². The van der Waals surface area contributed by atoms with Crippen molar-refractivity contribution in [2.24, 2.45) is 0 Å². The van der Waals surface area contributed by atoms with E-state index in [0.717, 1.165) is 0 Å². The Bertz CT molecular complexity index is 565. The topological polar surface area (TPSA) is 81.7 Å². The van der Waals surface area contributed by atoms with E-state index >= 15 is 0 Å². The number of hydrogen-bond acceptors (Lipinski definition) is 5. The lowest BCUT2D eigenvalue weighted by Gasteiger charge is -2.14. The highest BCUT2D eigenvalue weighted by Gasteiger charge is 2.22. The number of hydrogen-bond donors (Lipinski definition) is 1. The first-order chi connectivity index (χ1) is 10.4. The predicted octanol–water partition coefficient (Wildman–Crippen LogP) is 1.66. The van der Waals surface area contributed by atoms with Gasteiger partial charge in [-0.3, -0.25) is 4.79 Å². The molecule has 1 N–H and O–H groups in total. The fourth-order valence-corrected chi connectivity index (χ4v) is 1.58. The zero-order chi connectivity index (χ0) is 16.5. The van der Waals surface area contributed by atoms with Crippen molar-refractivity contribution in [3.05, 3.63) is 41.6 Å². The molecule has 0 saturated carbocycles. The van der Waals surface area contributed by atoms with Crippen LogP contribution in [0, 0.1) is 0 Å². The number of rotatable bonds is 6. The van der Waals surface area contributed by atoms with Crippen LogP contribution in [0.5, 0.6) is 0 Å². The third kappa shape index (κ3) is 5.78. The van der Waals surface area contributed by atoms with E-state index < -0.39 is 23.9 Å². The summed E-state index contributed by atoms with van der Waals surface area (Å²) in [7, 11) is 0. The van der Waals surface area contributed by atoms with Crippen LogP contribution < -0.4 is 5.32 Å². The molecule has 1 rings (SSSR count). The molecule has 6 nitrogen and oxygen atoms in total. The second-order valence-electron chi connectivity index (χ2n) is 4.45. The van der Waals surface area contributed by atoms with E-state index in [9.17, 15) is 14.4 Å². The average molecular weight is 305 g/mol. The lowest BCUT2D eigenvalue weighted by molar-refractivity contribution is -0.164. The van der Waals surface area contributed by atoms with Crippen LogP contribution in [0.15, 0.2) is 36.0 Å². The molecule has 1 aromatic rings. The molecule has 0 saturated heterocycles. The molecule has 6 heteroatoms. The Morgan fingerprint density at radius 2 is 1.86 bits per heavy atom. The largest absolute Gasteiger partial charge is 0.463 e. The van der Waals surface area contributed by atoms with E-state index in [1.165, 1.54) is 19.9 Å². The Labute approximate surface area is 129 Å². The molecule has 0 spiro atoms. The lowest BCUT2D eigenvalue weighted by Crippen LogP contribution is -2.32. The minimum atomic E-state index is -1.06. The molecular weight excluding hydrogens is 286 g/mol. The molecule has 0 bridgehead atoms. The lowest BCUT2D eigenvalue weighted by atomic mass is 10.2. The third-order valence-electron chi connectivity index (χ3n) is 2.54. The molecule has 0 aliphatic carbocycles. The van der Waals surface area contributed by atoms with Crippen molar-refractivity contribution >= 4 is 23.9 Å². The molecule has 0 heterocycles. The standard InChI is InChI=1S/C16H19NO5/c1-4-21-15(19)11(2)22-16(20)14(17-12(3)18)10-13-8-6-5-7-9-13/h5-11H,4H2,1-3H3,(H,17,18)/b14-10+/t11-/m0/s1. The number of nitrogens with one attached hydrogen (secondary N) is 1. The first-order valence-corrected chi connectivity index (χ1v) is 6.86. The molecule has 22 heavy (non-hydrogen) atoms. The van der Waals surface area contributed by atoms with Crippen LogP contribution in [0.3, 0.4) is 0 Å². The van der Waals surface area contributed by atoms with Crippen molar-refractivity contribution in [3.8, 4) is 0 Å². The van der Waals surface area contributed by atoms with Gasteiger partial charge in [-0.05, 0) is 25.5 Å². The van der Waals surface area contributed by atoms with Crippen LogP contribution in [0.1, 0.15) is 26.3 Å². The van der Waals surface area contributed by atoms with Crippen molar-refractivity contribution in [3.63, 3.8) is 0 Å². The van der Waals surface area contributed by atoms with E-state index in [2.05, 4.69) is 5.32 Å². The molecule has 0 unspecified atom stereocenters. The van der Waals surface area contributed by atoms with Gasteiger partial charge in [0.05, 0.1) is 6.61 Å². The summed E-state index contributed by atoms with van der Waals surface area (Å²) in [4.78, 5) is 34.8. The van der Waals surface area contributed by atoms with Gasteiger partial charge in [0, 0.05) is 6.92 Å². The summed E-state index contributed by atoms with van der Waals surface area (Å²) in [5.41, 5.74) is 0.668. The van der Waals surface area contributed by atoms with E-state index in [1.807, 2.05) is 6.07 Å². The van der Waals surface area contributed by atoms with Crippen LogP contribution >= 0.6 is 0 Å². The quantitative estimate of drug-likeness (QED) is 0.638. The van der Waals surface area contributed by atoms with Crippen molar-refractivity contribution in [2.45, 2.75) is 26.9 Å². The molecule has 1 aromatic carbocycles. The van der Waals surface area contributed by atoms with Gasteiger partial charge in [0.15, 0.2) is 6.10 Å². The summed E-state index contributed by atoms with van der Waals surface area (Å²) in [6.45, 7) is 4.54. The van der Waals surface area contributed by atoms with Gasteiger partial charge in [-0.2, -0.15) is 0 Å². The first-order valence-electron chi connectivity index (χ1n) is 6.86. The van der Waals surface area contributed by atoms with E-state index in [-0.39, 0.29) is 12.3 Å². The zero-order valence-electron chi connectivity index (χ0n) is 12.8. The molecule has 1 atom stereocenters. The van der Waals surface area contributed by atoms with Crippen LogP contribution in [0.2, 0.25) is 0 Å². The van der Waals surface area contributed by atoms with Crippen molar-refractivity contribution in [1.82, 2.24) is 5.32 Å². The van der Waals surface area contributed by atoms with Gasteiger partial charge in [-0.1, -0.05) is 30.3 Å². The Morgan fingerprint density at radius 1 is 1.23 bits per heavy atom. The Kier molecular flexibility index (Phi) is 6.82. The van der Waals surface area contributed by atoms with Crippen molar-refractivity contribution in [2.75, 3.05) is 6.61 Å². The van der Waals surface area contributed by atoms with E-state index in [4.69, 9.17) is 9.47 Å². The molecular formula is C16H19NO5. The first kappa shape index (κ1) is 17.4. The average Bonchev–Trinajstić information content (AvgIpc) is 2.47. The zero-order valence-corrected chi connectivity index (χ0v) is 12.8. The molecule has 0 radical (unpaired) electrons. The maximum Gasteiger partial charge on any atom is 0.355 e. The number of carbonyl (C=O) groups excluding carboxylic acids is 3. The summed E-state index contributed by atoms with van der Waals surface area (Å²) < 4.78 is 9.76. The Balaban J connectivity index is 2.88. The highest BCUT2D eigenvalue weighted by molar-refractivity contribution is 5.98. The summed E-state index contributed by atoms with van der Waals surface area (Å²) >= 11 is 0. The monoisotopic (exact) mass is 305 g/mol. The number of amides is 1. The summed E-state index contributed by atoms with van der Waals surface area (Å²) in [5.74, 6) is -1.86. The van der Waals surface area contributed by atoms with Crippen molar-refractivity contribution in [1.29, 1.82) is 0 Å². The third-order valence-corrected chi connectivity index (χ3v) is 2.54. The minimum absolute atomic E-state index is 0.0464. The maximum absolute atomic E-state index is 12.1. The van der Waals surface area contributed by atoms with Gasteiger partial charge >= 0.3 is 11.9 Å². The number of benzene rings is 1. The SMILES string of the molecule is CCOC(=O)[C@H](C)OC(=O)/C(=C\c1ccccc1)NC(C)=O. The van der Waals surface area contributed by atoms with E-state index in [1.54, 1.807) is 31.2 Å². The molecule has 0 aliphatic heterocycles.